The number of imide groups is 1. The van der Waals surface area contributed by atoms with Crippen LogP contribution in [0.1, 0.15) is 13.3 Å². The van der Waals surface area contributed by atoms with Crippen molar-refractivity contribution in [3.05, 3.63) is 36.4 Å². The molecular weight excluding hydrogens is 376 g/mol. The van der Waals surface area contributed by atoms with E-state index in [1.54, 1.807) is 24.3 Å². The number of carbonyl (C=O) groups excluding carboxylic acids is 4. The number of fused-ring (bicyclic) bond motifs is 5. The van der Waals surface area contributed by atoms with Crippen LogP contribution in [0.5, 0.6) is 5.75 Å². The van der Waals surface area contributed by atoms with Gasteiger partial charge in [-0.2, -0.15) is 0 Å². The average molecular weight is 398 g/mol. The number of hydrogen-bond acceptors (Lipinski definition) is 6. The lowest BCUT2D eigenvalue weighted by Crippen LogP contribution is -2.45. The van der Waals surface area contributed by atoms with Crippen LogP contribution in [0.3, 0.4) is 0 Å². The molecule has 1 saturated heterocycles. The van der Waals surface area contributed by atoms with Crippen LogP contribution in [-0.4, -0.2) is 48.3 Å². The Morgan fingerprint density at radius 2 is 1.83 bits per heavy atom. The summed E-state index contributed by atoms with van der Waals surface area (Å²) in [6.07, 6.45) is 4.81. The maximum Gasteiger partial charge on any atom is 0.329 e. The van der Waals surface area contributed by atoms with Crippen LogP contribution >= 0.6 is 0 Å². The Balaban J connectivity index is 1.33. The SMILES string of the molecule is COc1cccc(NC(=O)COC(=O)[C@H](C)N2C(=O)[C@H]3[C@H](C2=O)[C@H]2C=C[C@H]3C2)c1. The van der Waals surface area contributed by atoms with E-state index < -0.39 is 24.5 Å². The number of likely N-dealkylation sites (tertiary alicyclic amines) is 1. The summed E-state index contributed by atoms with van der Waals surface area (Å²) in [5.41, 5.74) is 0.499. The van der Waals surface area contributed by atoms with Crippen LogP contribution in [0.4, 0.5) is 5.69 Å². The summed E-state index contributed by atoms with van der Waals surface area (Å²) in [6, 6.07) is 5.69. The molecule has 3 amide bonds. The first-order valence-corrected chi connectivity index (χ1v) is 9.56. The van der Waals surface area contributed by atoms with E-state index >= 15 is 0 Å². The van der Waals surface area contributed by atoms with E-state index in [-0.39, 0.29) is 35.5 Å². The Labute approximate surface area is 167 Å². The maximum absolute atomic E-state index is 12.7. The summed E-state index contributed by atoms with van der Waals surface area (Å²) in [7, 11) is 1.51. The monoisotopic (exact) mass is 398 g/mol. The van der Waals surface area contributed by atoms with Gasteiger partial charge in [-0.15, -0.1) is 0 Å². The van der Waals surface area contributed by atoms with Crippen molar-refractivity contribution in [1.29, 1.82) is 0 Å². The first kappa shape index (κ1) is 19.2. The molecule has 2 aliphatic carbocycles. The molecule has 2 fully saturated rings. The van der Waals surface area contributed by atoms with Crippen molar-refractivity contribution >= 4 is 29.4 Å². The molecular formula is C21H22N2O6. The zero-order chi connectivity index (χ0) is 20.7. The van der Waals surface area contributed by atoms with Gasteiger partial charge < -0.3 is 14.8 Å². The number of carbonyl (C=O) groups is 4. The lowest BCUT2D eigenvalue weighted by atomic mass is 9.85. The lowest BCUT2D eigenvalue weighted by Gasteiger charge is -2.23. The molecule has 1 N–H and O–H groups in total. The van der Waals surface area contributed by atoms with E-state index in [0.29, 0.717) is 11.4 Å². The van der Waals surface area contributed by atoms with Crippen LogP contribution in [0, 0.1) is 23.7 Å². The Kier molecular flexibility index (Phi) is 4.86. The highest BCUT2D eigenvalue weighted by atomic mass is 16.5. The second-order valence-corrected chi connectivity index (χ2v) is 7.61. The molecule has 0 spiro atoms. The van der Waals surface area contributed by atoms with E-state index in [0.717, 1.165) is 11.3 Å². The van der Waals surface area contributed by atoms with Gasteiger partial charge in [0.25, 0.3) is 5.91 Å². The van der Waals surface area contributed by atoms with Gasteiger partial charge >= 0.3 is 5.97 Å². The minimum absolute atomic E-state index is 0.0725. The molecule has 4 rings (SSSR count). The van der Waals surface area contributed by atoms with E-state index in [1.165, 1.54) is 14.0 Å². The molecule has 8 heteroatoms. The van der Waals surface area contributed by atoms with E-state index in [4.69, 9.17) is 9.47 Å². The third kappa shape index (κ3) is 3.28. The second kappa shape index (κ2) is 7.35. The standard InChI is InChI=1S/C21H22N2O6/c1-11(23-19(25)17-12-6-7-13(8-12)18(17)20(23)26)21(27)29-10-16(24)22-14-4-3-5-15(9-14)28-2/h3-7,9,11-13,17-18H,8,10H2,1-2H3,(H,22,24)/t11-,12-,13-,17+,18+/m0/s1. The van der Waals surface area contributed by atoms with Crippen LogP contribution in [-0.2, 0) is 23.9 Å². The van der Waals surface area contributed by atoms with Gasteiger partial charge in [0.05, 0.1) is 18.9 Å². The number of rotatable bonds is 6. The number of nitrogens with one attached hydrogen (secondary N) is 1. The molecule has 152 valence electrons. The zero-order valence-corrected chi connectivity index (χ0v) is 16.2. The van der Waals surface area contributed by atoms with Gasteiger partial charge in [0.2, 0.25) is 11.8 Å². The maximum atomic E-state index is 12.7. The van der Waals surface area contributed by atoms with E-state index in [1.807, 2.05) is 12.2 Å². The second-order valence-electron chi connectivity index (χ2n) is 7.61. The van der Waals surface area contributed by atoms with Crippen LogP contribution < -0.4 is 10.1 Å². The fraction of sp³-hybridized carbons (Fsp3) is 0.429. The summed E-state index contributed by atoms with van der Waals surface area (Å²) in [6.45, 7) is 0.935. The van der Waals surface area contributed by atoms with E-state index in [9.17, 15) is 19.2 Å². The highest BCUT2D eigenvalue weighted by molar-refractivity contribution is 6.09. The number of hydrogen-bond donors (Lipinski definition) is 1. The summed E-state index contributed by atoms with van der Waals surface area (Å²) in [5.74, 6) is -1.97. The van der Waals surface area contributed by atoms with Crippen molar-refractivity contribution in [3.63, 3.8) is 0 Å². The molecule has 1 aliphatic heterocycles. The molecule has 0 unspecified atom stereocenters. The summed E-state index contributed by atoms with van der Waals surface area (Å²) < 4.78 is 10.1. The molecule has 5 atom stereocenters. The van der Waals surface area contributed by atoms with Gasteiger partial charge in [-0.25, -0.2) is 4.79 Å². The third-order valence-electron chi connectivity index (χ3n) is 5.93. The zero-order valence-electron chi connectivity index (χ0n) is 16.2. The van der Waals surface area contributed by atoms with Gasteiger partial charge in [-0.1, -0.05) is 18.2 Å². The molecule has 0 aromatic heterocycles. The molecule has 8 nitrogen and oxygen atoms in total. The number of allylic oxidation sites excluding steroid dienone is 2. The summed E-state index contributed by atoms with van der Waals surface area (Å²) in [5, 5.41) is 2.60. The van der Waals surface area contributed by atoms with E-state index in [2.05, 4.69) is 5.32 Å². The number of esters is 1. The summed E-state index contributed by atoms with van der Waals surface area (Å²) in [4.78, 5) is 51.0. The molecule has 2 bridgehead atoms. The first-order chi connectivity index (χ1) is 13.9. The molecule has 1 aromatic carbocycles. The Bertz CT molecular complexity index is 880. The number of anilines is 1. The molecule has 1 saturated carbocycles. The van der Waals surface area contributed by atoms with Crippen molar-refractivity contribution in [1.82, 2.24) is 4.90 Å². The molecule has 3 aliphatic rings. The number of benzene rings is 1. The third-order valence-corrected chi connectivity index (χ3v) is 5.93. The smallest absolute Gasteiger partial charge is 0.329 e. The number of methoxy groups -OCH3 is 1. The van der Waals surface area contributed by atoms with Crippen LogP contribution in [0.25, 0.3) is 0 Å². The Morgan fingerprint density at radius 3 is 2.45 bits per heavy atom. The molecule has 29 heavy (non-hydrogen) atoms. The summed E-state index contributed by atoms with van der Waals surface area (Å²) >= 11 is 0. The fourth-order valence-corrected chi connectivity index (χ4v) is 4.57. The van der Waals surface area contributed by atoms with Crippen molar-refractivity contribution in [2.75, 3.05) is 19.0 Å². The highest BCUT2D eigenvalue weighted by Gasteiger charge is 2.60. The number of nitrogens with zero attached hydrogens (tertiary/aromatic N) is 1. The van der Waals surface area contributed by atoms with Gasteiger partial charge in [-0.3, -0.25) is 19.3 Å². The largest absolute Gasteiger partial charge is 0.497 e. The number of ether oxygens (including phenoxy) is 2. The quantitative estimate of drug-likeness (QED) is 0.441. The minimum Gasteiger partial charge on any atom is -0.497 e. The lowest BCUT2D eigenvalue weighted by molar-refractivity contribution is -0.159. The van der Waals surface area contributed by atoms with Crippen molar-refractivity contribution in [2.24, 2.45) is 23.7 Å². The fourth-order valence-electron chi connectivity index (χ4n) is 4.57. The normalized spacial score (nSPS) is 27.7. The topological polar surface area (TPSA) is 102 Å². The van der Waals surface area contributed by atoms with Gasteiger partial charge in [0.1, 0.15) is 11.8 Å². The molecule has 1 heterocycles. The van der Waals surface area contributed by atoms with Crippen molar-refractivity contribution in [3.8, 4) is 5.75 Å². The van der Waals surface area contributed by atoms with Gasteiger partial charge in [0, 0.05) is 11.8 Å². The number of amides is 3. The van der Waals surface area contributed by atoms with Crippen LogP contribution in [0.2, 0.25) is 0 Å². The highest BCUT2D eigenvalue weighted by Crippen LogP contribution is 2.52. The van der Waals surface area contributed by atoms with Crippen molar-refractivity contribution in [2.45, 2.75) is 19.4 Å². The molecule has 0 radical (unpaired) electrons. The minimum atomic E-state index is -1.07. The first-order valence-electron chi connectivity index (χ1n) is 9.56. The predicted octanol–water partition coefficient (Wildman–Crippen LogP) is 1.37. The van der Waals surface area contributed by atoms with Gasteiger partial charge in [-0.05, 0) is 37.3 Å². The van der Waals surface area contributed by atoms with Gasteiger partial charge in [0.15, 0.2) is 6.61 Å². The Hall–Kier alpha value is -3.16. The predicted molar refractivity (Wildman–Crippen MR) is 102 cm³/mol. The average Bonchev–Trinajstić information content (AvgIpc) is 3.39. The Morgan fingerprint density at radius 1 is 1.17 bits per heavy atom. The van der Waals surface area contributed by atoms with Crippen molar-refractivity contribution < 1.29 is 28.7 Å². The van der Waals surface area contributed by atoms with Crippen LogP contribution in [0.15, 0.2) is 36.4 Å². The molecule has 1 aromatic rings.